The Hall–Kier alpha value is -3.06. The van der Waals surface area contributed by atoms with Crippen LogP contribution in [0.3, 0.4) is 0 Å². The molecule has 1 atom stereocenters. The monoisotopic (exact) mass is 393 g/mol. The third kappa shape index (κ3) is 3.41. The Kier molecular flexibility index (Phi) is 4.92. The van der Waals surface area contributed by atoms with E-state index in [0.717, 1.165) is 27.9 Å². The van der Waals surface area contributed by atoms with Gasteiger partial charge < -0.3 is 14.1 Å². The molecule has 0 bridgehead atoms. The number of hydrogen-bond acceptors (Lipinski definition) is 6. The second-order valence-corrected chi connectivity index (χ2v) is 7.69. The summed E-state index contributed by atoms with van der Waals surface area (Å²) in [5.74, 6) is 1.20. The number of carbonyl (C=O) groups is 1. The van der Waals surface area contributed by atoms with E-state index in [9.17, 15) is 4.79 Å². The number of aryl methyl sites for hydroxylation is 1. The summed E-state index contributed by atoms with van der Waals surface area (Å²) in [4.78, 5) is 16.3. The standard InChI is InChI=1S/C21H19N3O3S/c1-12-18(16-6-4-5-7-17(16)22-12)19(25)13(2)28-21-24-23-20(27-21)14-8-10-15(26-3)11-9-14/h4-11,13,22H,1-3H3/t13-/m1/s1. The van der Waals surface area contributed by atoms with Gasteiger partial charge in [0.2, 0.25) is 5.89 Å². The van der Waals surface area contributed by atoms with E-state index in [4.69, 9.17) is 9.15 Å². The van der Waals surface area contributed by atoms with Crippen LogP contribution in [-0.2, 0) is 0 Å². The number of ketones is 1. The van der Waals surface area contributed by atoms with Gasteiger partial charge in [-0.25, -0.2) is 0 Å². The SMILES string of the molecule is COc1ccc(-c2nnc(S[C@H](C)C(=O)c3c(C)[nH]c4ccccc34)o2)cc1. The van der Waals surface area contributed by atoms with Crippen LogP contribution in [0, 0.1) is 6.92 Å². The zero-order chi connectivity index (χ0) is 19.7. The van der Waals surface area contributed by atoms with E-state index in [0.29, 0.717) is 16.7 Å². The fraction of sp³-hybridized carbons (Fsp3) is 0.190. The molecule has 0 aliphatic rings. The maximum atomic E-state index is 13.0. The molecule has 0 radical (unpaired) electrons. The number of benzene rings is 2. The topological polar surface area (TPSA) is 81.0 Å². The Labute approximate surface area is 166 Å². The van der Waals surface area contributed by atoms with Crippen LogP contribution in [0.25, 0.3) is 22.4 Å². The van der Waals surface area contributed by atoms with Crippen molar-refractivity contribution in [3.05, 3.63) is 59.8 Å². The molecule has 0 aliphatic heterocycles. The Morgan fingerprint density at radius 2 is 1.89 bits per heavy atom. The second kappa shape index (κ2) is 7.52. The fourth-order valence-corrected chi connectivity index (χ4v) is 3.85. The Balaban J connectivity index is 1.53. The van der Waals surface area contributed by atoms with Crippen LogP contribution >= 0.6 is 11.8 Å². The Morgan fingerprint density at radius 1 is 1.14 bits per heavy atom. The number of fused-ring (bicyclic) bond motifs is 1. The highest BCUT2D eigenvalue weighted by Gasteiger charge is 2.24. The van der Waals surface area contributed by atoms with Crippen molar-refractivity contribution in [2.24, 2.45) is 0 Å². The van der Waals surface area contributed by atoms with Crippen molar-refractivity contribution < 1.29 is 13.9 Å². The van der Waals surface area contributed by atoms with Crippen molar-refractivity contribution in [3.8, 4) is 17.2 Å². The first-order chi connectivity index (χ1) is 13.6. The maximum absolute atomic E-state index is 13.0. The predicted octanol–water partition coefficient (Wildman–Crippen LogP) is 4.90. The fourth-order valence-electron chi connectivity index (χ4n) is 3.11. The minimum atomic E-state index is -0.359. The molecule has 142 valence electrons. The summed E-state index contributed by atoms with van der Waals surface area (Å²) >= 11 is 1.26. The normalized spacial score (nSPS) is 12.2. The molecule has 0 unspecified atom stereocenters. The number of ether oxygens (including phenoxy) is 1. The number of aromatic nitrogens is 3. The minimum Gasteiger partial charge on any atom is -0.497 e. The van der Waals surface area contributed by atoms with Crippen molar-refractivity contribution >= 4 is 28.4 Å². The largest absolute Gasteiger partial charge is 0.497 e. The molecule has 2 heterocycles. The lowest BCUT2D eigenvalue weighted by molar-refractivity contribution is 0.0994. The van der Waals surface area contributed by atoms with Crippen LogP contribution in [0.15, 0.2) is 58.2 Å². The molecule has 0 fully saturated rings. The molecular formula is C21H19N3O3S. The molecule has 4 aromatic rings. The van der Waals surface area contributed by atoms with Gasteiger partial charge in [-0.05, 0) is 44.2 Å². The highest BCUT2D eigenvalue weighted by atomic mass is 32.2. The van der Waals surface area contributed by atoms with Crippen LogP contribution in [-0.4, -0.2) is 33.3 Å². The Morgan fingerprint density at radius 3 is 2.64 bits per heavy atom. The first-order valence-corrected chi connectivity index (χ1v) is 9.71. The molecule has 7 heteroatoms. The second-order valence-electron chi connectivity index (χ2n) is 6.40. The van der Waals surface area contributed by atoms with Gasteiger partial charge in [0.1, 0.15) is 5.75 Å². The van der Waals surface area contributed by atoms with E-state index < -0.39 is 0 Å². The number of thioether (sulfide) groups is 1. The smallest absolute Gasteiger partial charge is 0.277 e. The van der Waals surface area contributed by atoms with Gasteiger partial charge in [0, 0.05) is 27.7 Å². The summed E-state index contributed by atoms with van der Waals surface area (Å²) in [6.45, 7) is 3.77. The van der Waals surface area contributed by atoms with Crippen molar-refractivity contribution in [1.82, 2.24) is 15.2 Å². The highest BCUT2D eigenvalue weighted by molar-refractivity contribution is 8.00. The van der Waals surface area contributed by atoms with Crippen LogP contribution in [0.1, 0.15) is 23.0 Å². The van der Waals surface area contributed by atoms with Crippen LogP contribution in [0.2, 0.25) is 0 Å². The first kappa shape index (κ1) is 18.3. The number of nitrogens with zero attached hydrogens (tertiary/aromatic N) is 2. The summed E-state index contributed by atoms with van der Waals surface area (Å²) in [6.07, 6.45) is 0. The van der Waals surface area contributed by atoms with Crippen molar-refractivity contribution in [2.45, 2.75) is 24.3 Å². The molecule has 6 nitrogen and oxygen atoms in total. The number of methoxy groups -OCH3 is 1. The summed E-state index contributed by atoms with van der Waals surface area (Å²) < 4.78 is 10.9. The van der Waals surface area contributed by atoms with E-state index in [1.807, 2.05) is 62.4 Å². The number of rotatable bonds is 6. The van der Waals surface area contributed by atoms with Gasteiger partial charge in [-0.1, -0.05) is 30.0 Å². The van der Waals surface area contributed by atoms with Gasteiger partial charge >= 0.3 is 0 Å². The average Bonchev–Trinajstić information content (AvgIpc) is 3.31. The van der Waals surface area contributed by atoms with Crippen molar-refractivity contribution in [3.63, 3.8) is 0 Å². The number of Topliss-reactive ketones (excluding diaryl/α,β-unsaturated/α-hetero) is 1. The molecule has 0 amide bonds. The average molecular weight is 393 g/mol. The molecule has 0 saturated carbocycles. The van der Waals surface area contributed by atoms with Crippen LogP contribution in [0.4, 0.5) is 0 Å². The molecule has 0 saturated heterocycles. The van der Waals surface area contributed by atoms with Gasteiger partial charge in [0.15, 0.2) is 5.78 Å². The molecule has 1 N–H and O–H groups in total. The lowest BCUT2D eigenvalue weighted by Gasteiger charge is -2.07. The number of carbonyl (C=O) groups excluding carboxylic acids is 1. The third-order valence-electron chi connectivity index (χ3n) is 4.53. The third-order valence-corrected chi connectivity index (χ3v) is 5.46. The van der Waals surface area contributed by atoms with E-state index in [2.05, 4.69) is 15.2 Å². The number of hydrogen-bond donors (Lipinski definition) is 1. The quantitative estimate of drug-likeness (QED) is 0.371. The number of H-pyrrole nitrogens is 1. The Bertz CT molecular complexity index is 1130. The van der Waals surface area contributed by atoms with E-state index in [-0.39, 0.29) is 11.0 Å². The van der Waals surface area contributed by atoms with E-state index in [1.165, 1.54) is 11.8 Å². The van der Waals surface area contributed by atoms with E-state index in [1.54, 1.807) is 7.11 Å². The molecule has 28 heavy (non-hydrogen) atoms. The van der Waals surface area contributed by atoms with Gasteiger partial charge in [-0.3, -0.25) is 4.79 Å². The molecule has 0 spiro atoms. The predicted molar refractivity (Wildman–Crippen MR) is 109 cm³/mol. The van der Waals surface area contributed by atoms with Crippen LogP contribution in [0.5, 0.6) is 5.75 Å². The first-order valence-electron chi connectivity index (χ1n) is 8.83. The molecule has 2 aromatic carbocycles. The summed E-state index contributed by atoms with van der Waals surface area (Å²) in [5.41, 5.74) is 3.33. The zero-order valence-corrected chi connectivity index (χ0v) is 16.5. The number of para-hydroxylation sites is 1. The van der Waals surface area contributed by atoms with Gasteiger partial charge in [-0.2, -0.15) is 0 Å². The number of aromatic amines is 1. The molecular weight excluding hydrogens is 374 g/mol. The zero-order valence-electron chi connectivity index (χ0n) is 15.7. The summed E-state index contributed by atoms with van der Waals surface area (Å²) in [6, 6.07) is 15.2. The summed E-state index contributed by atoms with van der Waals surface area (Å²) in [7, 11) is 1.62. The lowest BCUT2D eigenvalue weighted by atomic mass is 10.1. The van der Waals surface area contributed by atoms with E-state index >= 15 is 0 Å². The highest BCUT2D eigenvalue weighted by Crippen LogP contribution is 2.31. The molecule has 2 aromatic heterocycles. The van der Waals surface area contributed by atoms with Crippen LogP contribution < -0.4 is 4.74 Å². The van der Waals surface area contributed by atoms with Gasteiger partial charge in [0.05, 0.1) is 12.4 Å². The van der Waals surface area contributed by atoms with Gasteiger partial charge in [-0.15, -0.1) is 10.2 Å². The molecule has 4 rings (SSSR count). The number of nitrogens with one attached hydrogen (secondary N) is 1. The lowest BCUT2D eigenvalue weighted by Crippen LogP contribution is -2.14. The summed E-state index contributed by atoms with van der Waals surface area (Å²) in [5, 5.41) is 9.11. The molecule has 0 aliphatic carbocycles. The van der Waals surface area contributed by atoms with Crippen molar-refractivity contribution in [1.29, 1.82) is 0 Å². The maximum Gasteiger partial charge on any atom is 0.277 e. The van der Waals surface area contributed by atoms with Crippen molar-refractivity contribution in [2.75, 3.05) is 7.11 Å². The minimum absolute atomic E-state index is 0.0316. The van der Waals surface area contributed by atoms with Gasteiger partial charge in [0.25, 0.3) is 5.22 Å².